The molecule has 0 saturated heterocycles. The van der Waals surface area contributed by atoms with Gasteiger partial charge in [0.15, 0.2) is 0 Å². The highest BCUT2D eigenvalue weighted by Crippen LogP contribution is 2.36. The molecule has 0 unspecified atom stereocenters. The van der Waals surface area contributed by atoms with Crippen LogP contribution in [0.5, 0.6) is 0 Å². The molecule has 34 heavy (non-hydrogen) atoms. The minimum Gasteiger partial charge on any atom is -0.312 e. The first-order valence-electron chi connectivity index (χ1n) is 10.6. The molecule has 5 nitrogen and oxygen atoms in total. The minimum absolute atomic E-state index is 0.251. The largest absolute Gasteiger partial charge is 0.312 e. The molecule has 0 bridgehead atoms. The summed E-state index contributed by atoms with van der Waals surface area (Å²) in [6.07, 6.45) is 1.74. The molecular formula is C27H19FN4OS. The van der Waals surface area contributed by atoms with Crippen molar-refractivity contribution in [2.45, 2.75) is 0 Å². The zero-order valence-corrected chi connectivity index (χ0v) is 18.7. The Kier molecular flexibility index (Phi) is 6.09. The van der Waals surface area contributed by atoms with Gasteiger partial charge in [-0.1, -0.05) is 72.0 Å². The molecule has 0 spiro atoms. The van der Waals surface area contributed by atoms with Gasteiger partial charge in [-0.25, -0.2) is 9.37 Å². The average molecular weight is 467 g/mol. The molecule has 1 amide bonds. The van der Waals surface area contributed by atoms with Crippen molar-refractivity contribution < 1.29 is 9.18 Å². The van der Waals surface area contributed by atoms with E-state index in [1.807, 2.05) is 36.4 Å². The lowest BCUT2D eigenvalue weighted by atomic mass is 10.1. The highest BCUT2D eigenvalue weighted by atomic mass is 32.1. The van der Waals surface area contributed by atoms with E-state index >= 15 is 0 Å². The number of benzene rings is 4. The molecule has 0 aliphatic carbocycles. The molecule has 0 atom stereocenters. The molecule has 0 aliphatic heterocycles. The minimum atomic E-state index is -0.341. The lowest BCUT2D eigenvalue weighted by molar-refractivity contribution is 0.102. The van der Waals surface area contributed by atoms with Crippen LogP contribution in [-0.4, -0.2) is 17.1 Å². The van der Waals surface area contributed by atoms with Crippen LogP contribution in [0.3, 0.4) is 0 Å². The Balaban J connectivity index is 1.43. The number of hydrazone groups is 1. The maximum atomic E-state index is 13.5. The van der Waals surface area contributed by atoms with E-state index in [2.05, 4.69) is 33.0 Å². The van der Waals surface area contributed by atoms with E-state index < -0.39 is 0 Å². The van der Waals surface area contributed by atoms with Gasteiger partial charge in [-0.05, 0) is 47.2 Å². The van der Waals surface area contributed by atoms with Crippen molar-refractivity contribution >= 4 is 44.4 Å². The van der Waals surface area contributed by atoms with Gasteiger partial charge in [-0.3, -0.25) is 10.2 Å². The summed E-state index contributed by atoms with van der Waals surface area (Å²) >= 11 is 1.26. The van der Waals surface area contributed by atoms with Crippen LogP contribution in [0.1, 0.15) is 15.9 Å². The first-order chi connectivity index (χ1) is 16.7. The van der Waals surface area contributed by atoms with Crippen molar-refractivity contribution in [1.29, 1.82) is 0 Å². The summed E-state index contributed by atoms with van der Waals surface area (Å²) < 4.78 is 13.5. The molecule has 7 heteroatoms. The molecule has 2 N–H and O–H groups in total. The van der Waals surface area contributed by atoms with Crippen molar-refractivity contribution in [1.82, 2.24) is 4.98 Å². The summed E-state index contributed by atoms with van der Waals surface area (Å²) in [5.41, 5.74) is 5.69. The third-order valence-electron chi connectivity index (χ3n) is 5.20. The number of hydrogen-bond acceptors (Lipinski definition) is 5. The molecule has 1 heterocycles. The van der Waals surface area contributed by atoms with Crippen molar-refractivity contribution in [3.63, 3.8) is 0 Å². The summed E-state index contributed by atoms with van der Waals surface area (Å²) in [6.45, 7) is 0. The number of hydrogen-bond donors (Lipinski definition) is 2. The van der Waals surface area contributed by atoms with E-state index in [9.17, 15) is 9.18 Å². The molecule has 0 radical (unpaired) electrons. The Morgan fingerprint density at radius 2 is 1.62 bits per heavy atom. The van der Waals surface area contributed by atoms with Gasteiger partial charge in [0.25, 0.3) is 5.91 Å². The number of amides is 1. The molecule has 0 aliphatic rings. The highest BCUT2D eigenvalue weighted by molar-refractivity contribution is 7.20. The van der Waals surface area contributed by atoms with E-state index in [-0.39, 0.29) is 11.7 Å². The van der Waals surface area contributed by atoms with E-state index in [4.69, 9.17) is 0 Å². The van der Waals surface area contributed by atoms with Crippen molar-refractivity contribution in [2.75, 3.05) is 10.7 Å². The smallest absolute Gasteiger partial charge is 0.256 e. The predicted octanol–water partition coefficient (Wildman–Crippen LogP) is 6.80. The molecule has 5 rings (SSSR count). The lowest BCUT2D eigenvalue weighted by Gasteiger charge is -2.05. The first-order valence-corrected chi connectivity index (χ1v) is 11.4. The topological polar surface area (TPSA) is 66.4 Å². The fraction of sp³-hybridized carbons (Fsp3) is 0. The number of halogens is 1. The van der Waals surface area contributed by atoms with E-state index in [1.54, 1.807) is 42.6 Å². The number of nitrogens with zero attached hydrogens (tertiary/aromatic N) is 2. The Labute approximate surface area is 199 Å². The normalized spacial score (nSPS) is 11.1. The second-order valence-electron chi connectivity index (χ2n) is 7.46. The number of carbonyl (C=O) groups is 1. The van der Waals surface area contributed by atoms with Crippen LogP contribution in [0.15, 0.2) is 102 Å². The van der Waals surface area contributed by atoms with Crippen LogP contribution >= 0.6 is 11.3 Å². The van der Waals surface area contributed by atoms with Crippen LogP contribution < -0.4 is 10.7 Å². The molecule has 0 fully saturated rings. The van der Waals surface area contributed by atoms with Crippen molar-refractivity contribution in [3.8, 4) is 11.3 Å². The van der Waals surface area contributed by atoms with Gasteiger partial charge in [-0.15, -0.1) is 0 Å². The second kappa shape index (κ2) is 9.64. The van der Waals surface area contributed by atoms with Gasteiger partial charge < -0.3 is 5.32 Å². The SMILES string of the molecule is O=C(Nc1sc(N/N=C\c2cccc3ccccc23)nc1-c1ccc(F)cc1)c1ccccc1. The fourth-order valence-corrected chi connectivity index (χ4v) is 4.37. The van der Waals surface area contributed by atoms with Gasteiger partial charge in [-0.2, -0.15) is 5.10 Å². The first kappa shape index (κ1) is 21.5. The predicted molar refractivity (Wildman–Crippen MR) is 137 cm³/mol. The molecule has 5 aromatic rings. The number of carbonyl (C=O) groups excluding carboxylic acids is 1. The van der Waals surface area contributed by atoms with Gasteiger partial charge in [0.2, 0.25) is 5.13 Å². The summed E-state index contributed by atoms with van der Waals surface area (Å²) in [5, 5.41) is 10.6. The summed E-state index contributed by atoms with van der Waals surface area (Å²) in [7, 11) is 0. The summed E-state index contributed by atoms with van der Waals surface area (Å²) in [4.78, 5) is 17.3. The zero-order valence-electron chi connectivity index (χ0n) is 17.9. The van der Waals surface area contributed by atoms with Crippen molar-refractivity contribution in [3.05, 3.63) is 114 Å². The van der Waals surface area contributed by atoms with E-state index in [1.165, 1.54) is 23.5 Å². The van der Waals surface area contributed by atoms with Crippen LogP contribution in [0.2, 0.25) is 0 Å². The number of anilines is 2. The Morgan fingerprint density at radius 3 is 2.44 bits per heavy atom. The fourth-order valence-electron chi connectivity index (χ4n) is 3.54. The Hall–Kier alpha value is -4.36. The quantitative estimate of drug-likeness (QED) is 0.214. The number of nitrogens with one attached hydrogen (secondary N) is 2. The van der Waals surface area contributed by atoms with Crippen LogP contribution in [-0.2, 0) is 0 Å². The Morgan fingerprint density at radius 1 is 0.882 bits per heavy atom. The molecule has 0 saturated carbocycles. The van der Waals surface area contributed by atoms with Crippen molar-refractivity contribution in [2.24, 2.45) is 5.10 Å². The third-order valence-corrected chi connectivity index (χ3v) is 6.07. The number of aromatic nitrogens is 1. The number of thiazole rings is 1. The van der Waals surface area contributed by atoms with E-state index in [0.29, 0.717) is 27.0 Å². The number of rotatable bonds is 6. The maximum Gasteiger partial charge on any atom is 0.256 e. The van der Waals surface area contributed by atoms with Gasteiger partial charge >= 0.3 is 0 Å². The summed E-state index contributed by atoms with van der Waals surface area (Å²) in [5.74, 6) is -0.592. The highest BCUT2D eigenvalue weighted by Gasteiger charge is 2.16. The number of fused-ring (bicyclic) bond motifs is 1. The summed E-state index contributed by atoms with van der Waals surface area (Å²) in [6, 6.07) is 29.0. The van der Waals surface area contributed by atoms with Gasteiger partial charge in [0.05, 0.1) is 6.21 Å². The van der Waals surface area contributed by atoms with Gasteiger partial charge in [0.1, 0.15) is 16.5 Å². The standard InChI is InChI=1S/C27H19FN4OS/c28-22-15-13-19(14-16-22)24-26(31-25(33)20-8-2-1-3-9-20)34-27(30-24)32-29-17-21-11-6-10-18-7-4-5-12-23(18)21/h1-17H,(H,30,32)(H,31,33)/b29-17-. The van der Waals surface area contributed by atoms with E-state index in [0.717, 1.165) is 16.3 Å². The van der Waals surface area contributed by atoms with Crippen LogP contribution in [0.4, 0.5) is 14.5 Å². The molecule has 4 aromatic carbocycles. The maximum absolute atomic E-state index is 13.5. The average Bonchev–Trinajstić information content (AvgIpc) is 3.27. The molecular weight excluding hydrogens is 447 g/mol. The second-order valence-corrected chi connectivity index (χ2v) is 8.46. The van der Waals surface area contributed by atoms with Gasteiger partial charge in [0, 0.05) is 16.7 Å². The third kappa shape index (κ3) is 4.69. The molecule has 1 aromatic heterocycles. The van der Waals surface area contributed by atoms with Crippen LogP contribution in [0.25, 0.3) is 22.0 Å². The molecule has 166 valence electrons. The van der Waals surface area contributed by atoms with Crippen LogP contribution in [0, 0.1) is 5.82 Å². The lowest BCUT2D eigenvalue weighted by Crippen LogP contribution is -2.11. The Bertz CT molecular complexity index is 1470. The zero-order chi connectivity index (χ0) is 23.3. The monoisotopic (exact) mass is 466 g/mol.